The van der Waals surface area contributed by atoms with Gasteiger partial charge in [-0.25, -0.2) is 9.97 Å². The van der Waals surface area contributed by atoms with E-state index in [9.17, 15) is 9.59 Å². The molecule has 22 heavy (non-hydrogen) atoms. The van der Waals surface area contributed by atoms with Gasteiger partial charge in [0.2, 0.25) is 0 Å². The van der Waals surface area contributed by atoms with E-state index in [-0.39, 0.29) is 23.3 Å². The standard InChI is InChI=1S/C15H17N5O2/c1-20(2)15(22)11-5-3-10(4-6-11)9-19-14(21)12-13(16)18-8-7-17-12/h3-8H,9H2,1-2H3,(H2,16,18)(H,19,21). The van der Waals surface area contributed by atoms with Gasteiger partial charge in [0.15, 0.2) is 11.5 Å². The van der Waals surface area contributed by atoms with Gasteiger partial charge in [-0.3, -0.25) is 9.59 Å². The summed E-state index contributed by atoms with van der Waals surface area (Å²) in [6, 6.07) is 7.02. The number of carbonyl (C=O) groups excluding carboxylic acids is 2. The molecule has 0 unspecified atom stereocenters. The van der Waals surface area contributed by atoms with Crippen molar-refractivity contribution in [3.8, 4) is 0 Å². The van der Waals surface area contributed by atoms with Crippen molar-refractivity contribution in [1.82, 2.24) is 20.2 Å². The zero-order chi connectivity index (χ0) is 16.1. The summed E-state index contributed by atoms with van der Waals surface area (Å²) in [5.74, 6) is -0.367. The van der Waals surface area contributed by atoms with Crippen molar-refractivity contribution >= 4 is 17.6 Å². The summed E-state index contributed by atoms with van der Waals surface area (Å²) in [4.78, 5) is 32.9. The Morgan fingerprint density at radius 3 is 2.36 bits per heavy atom. The van der Waals surface area contributed by atoms with Gasteiger partial charge in [-0.1, -0.05) is 12.1 Å². The Kier molecular flexibility index (Phi) is 4.67. The lowest BCUT2D eigenvalue weighted by Gasteiger charge is -2.11. The first-order chi connectivity index (χ1) is 10.5. The second kappa shape index (κ2) is 6.66. The third kappa shape index (κ3) is 3.57. The largest absolute Gasteiger partial charge is 0.382 e. The number of nitrogens with one attached hydrogen (secondary N) is 1. The van der Waals surface area contributed by atoms with Crippen LogP contribution < -0.4 is 11.1 Å². The minimum atomic E-state index is -0.390. The monoisotopic (exact) mass is 299 g/mol. The lowest BCUT2D eigenvalue weighted by molar-refractivity contribution is 0.0827. The van der Waals surface area contributed by atoms with Gasteiger partial charge in [0.05, 0.1) is 0 Å². The average Bonchev–Trinajstić information content (AvgIpc) is 2.52. The molecule has 0 fully saturated rings. The first-order valence-electron chi connectivity index (χ1n) is 6.64. The van der Waals surface area contributed by atoms with Crippen molar-refractivity contribution in [2.45, 2.75) is 6.54 Å². The highest BCUT2D eigenvalue weighted by Gasteiger charge is 2.12. The normalized spacial score (nSPS) is 10.1. The topological polar surface area (TPSA) is 101 Å². The number of benzene rings is 1. The molecule has 0 spiro atoms. The highest BCUT2D eigenvalue weighted by Crippen LogP contribution is 2.07. The molecule has 7 heteroatoms. The molecule has 7 nitrogen and oxygen atoms in total. The Balaban J connectivity index is 1.99. The zero-order valence-electron chi connectivity index (χ0n) is 12.4. The fraction of sp³-hybridized carbons (Fsp3) is 0.200. The molecule has 0 radical (unpaired) electrons. The minimum absolute atomic E-state index is 0.0667. The van der Waals surface area contributed by atoms with E-state index < -0.39 is 0 Å². The first kappa shape index (κ1) is 15.4. The van der Waals surface area contributed by atoms with Crippen molar-refractivity contribution in [3.63, 3.8) is 0 Å². The minimum Gasteiger partial charge on any atom is -0.382 e. The molecule has 0 bridgehead atoms. The van der Waals surface area contributed by atoms with E-state index in [1.165, 1.54) is 17.3 Å². The fourth-order valence-corrected chi connectivity index (χ4v) is 1.81. The van der Waals surface area contributed by atoms with Crippen LogP contribution in [0.5, 0.6) is 0 Å². The van der Waals surface area contributed by atoms with Gasteiger partial charge in [-0.05, 0) is 17.7 Å². The van der Waals surface area contributed by atoms with Crippen LogP contribution in [0.4, 0.5) is 5.82 Å². The van der Waals surface area contributed by atoms with Crippen LogP contribution in [0.3, 0.4) is 0 Å². The molecule has 1 aromatic carbocycles. The van der Waals surface area contributed by atoms with E-state index in [4.69, 9.17) is 5.73 Å². The molecule has 0 saturated heterocycles. The fourth-order valence-electron chi connectivity index (χ4n) is 1.81. The molecule has 114 valence electrons. The smallest absolute Gasteiger partial charge is 0.273 e. The van der Waals surface area contributed by atoms with Gasteiger partial charge >= 0.3 is 0 Å². The van der Waals surface area contributed by atoms with Crippen LogP contribution in [0.2, 0.25) is 0 Å². The predicted molar refractivity (Wildman–Crippen MR) is 82.1 cm³/mol. The van der Waals surface area contributed by atoms with Crippen LogP contribution in [0.1, 0.15) is 26.4 Å². The Hall–Kier alpha value is -2.96. The van der Waals surface area contributed by atoms with Crippen molar-refractivity contribution in [1.29, 1.82) is 0 Å². The molecule has 1 aromatic heterocycles. The van der Waals surface area contributed by atoms with Crippen LogP contribution in [-0.4, -0.2) is 40.8 Å². The number of hydrogen-bond donors (Lipinski definition) is 2. The molecular formula is C15H17N5O2. The Labute approximate surface area is 128 Å². The SMILES string of the molecule is CN(C)C(=O)c1ccc(CNC(=O)c2nccnc2N)cc1. The van der Waals surface area contributed by atoms with Gasteiger partial charge in [-0.15, -0.1) is 0 Å². The van der Waals surface area contributed by atoms with Gasteiger partial charge in [-0.2, -0.15) is 0 Å². The summed E-state index contributed by atoms with van der Waals surface area (Å²) in [6.45, 7) is 0.311. The number of nitrogen functional groups attached to an aromatic ring is 1. The van der Waals surface area contributed by atoms with Gasteiger partial charge in [0, 0.05) is 38.6 Å². The van der Waals surface area contributed by atoms with E-state index in [0.29, 0.717) is 12.1 Å². The van der Waals surface area contributed by atoms with Gasteiger partial charge < -0.3 is 16.0 Å². The number of rotatable bonds is 4. The summed E-state index contributed by atoms with van der Waals surface area (Å²) in [5.41, 5.74) is 7.16. The van der Waals surface area contributed by atoms with Crippen LogP contribution in [0.25, 0.3) is 0 Å². The summed E-state index contributed by atoms with van der Waals surface area (Å²) in [5, 5.41) is 2.71. The van der Waals surface area contributed by atoms with Gasteiger partial charge in [0.25, 0.3) is 11.8 Å². The van der Waals surface area contributed by atoms with Crippen LogP contribution >= 0.6 is 0 Å². The maximum atomic E-state index is 11.9. The molecule has 2 aromatic rings. The molecule has 0 saturated carbocycles. The number of nitrogens with two attached hydrogens (primary N) is 1. The molecule has 0 aliphatic rings. The Bertz CT molecular complexity index is 683. The Morgan fingerprint density at radius 2 is 1.77 bits per heavy atom. The maximum Gasteiger partial charge on any atom is 0.273 e. The molecule has 0 aliphatic carbocycles. The van der Waals surface area contributed by atoms with Crippen molar-refractivity contribution < 1.29 is 9.59 Å². The van der Waals surface area contributed by atoms with Crippen molar-refractivity contribution in [2.24, 2.45) is 0 Å². The number of hydrogen-bond acceptors (Lipinski definition) is 5. The van der Waals surface area contributed by atoms with Crippen LogP contribution in [0.15, 0.2) is 36.7 Å². The lowest BCUT2D eigenvalue weighted by Crippen LogP contribution is -2.25. The van der Waals surface area contributed by atoms with E-state index in [1.807, 2.05) is 0 Å². The Morgan fingerprint density at radius 1 is 1.14 bits per heavy atom. The molecule has 0 aliphatic heterocycles. The molecular weight excluding hydrogens is 282 g/mol. The predicted octanol–water partition coefficient (Wildman–Crippen LogP) is 0.691. The zero-order valence-corrected chi connectivity index (χ0v) is 12.4. The van der Waals surface area contributed by atoms with Crippen molar-refractivity contribution in [3.05, 3.63) is 53.5 Å². The van der Waals surface area contributed by atoms with E-state index >= 15 is 0 Å². The lowest BCUT2D eigenvalue weighted by atomic mass is 10.1. The third-order valence-corrected chi connectivity index (χ3v) is 3.00. The molecule has 0 atom stereocenters. The summed E-state index contributed by atoms with van der Waals surface area (Å²) in [7, 11) is 3.39. The number of nitrogens with zero attached hydrogens (tertiary/aromatic N) is 3. The quantitative estimate of drug-likeness (QED) is 0.865. The highest BCUT2D eigenvalue weighted by atomic mass is 16.2. The van der Waals surface area contributed by atoms with Crippen LogP contribution in [0, 0.1) is 0 Å². The third-order valence-electron chi connectivity index (χ3n) is 3.00. The second-order valence-corrected chi connectivity index (χ2v) is 4.87. The maximum absolute atomic E-state index is 11.9. The molecule has 2 amide bonds. The van der Waals surface area contributed by atoms with Gasteiger partial charge in [0.1, 0.15) is 0 Å². The van der Waals surface area contributed by atoms with Crippen molar-refractivity contribution in [2.75, 3.05) is 19.8 Å². The molecule has 2 rings (SSSR count). The molecule has 1 heterocycles. The number of amides is 2. The van der Waals surface area contributed by atoms with E-state index in [1.54, 1.807) is 38.4 Å². The van der Waals surface area contributed by atoms with E-state index in [0.717, 1.165) is 5.56 Å². The first-order valence-corrected chi connectivity index (χ1v) is 6.64. The van der Waals surface area contributed by atoms with E-state index in [2.05, 4.69) is 15.3 Å². The summed E-state index contributed by atoms with van der Waals surface area (Å²) >= 11 is 0. The highest BCUT2D eigenvalue weighted by molar-refractivity contribution is 5.96. The number of carbonyl (C=O) groups is 2. The summed E-state index contributed by atoms with van der Waals surface area (Å²) in [6.07, 6.45) is 2.83. The van der Waals surface area contributed by atoms with Crippen LogP contribution in [-0.2, 0) is 6.54 Å². The molecule has 3 N–H and O–H groups in total. The number of anilines is 1. The second-order valence-electron chi connectivity index (χ2n) is 4.87. The number of aromatic nitrogens is 2. The average molecular weight is 299 g/mol. The summed E-state index contributed by atoms with van der Waals surface area (Å²) < 4.78 is 0.